The third-order valence-electron chi connectivity index (χ3n) is 4.91. The van der Waals surface area contributed by atoms with Crippen LogP contribution >= 0.6 is 0 Å². The van der Waals surface area contributed by atoms with Crippen LogP contribution in [0.1, 0.15) is 78.1 Å². The summed E-state index contributed by atoms with van der Waals surface area (Å²) in [5.41, 5.74) is 1.08. The largest absolute Gasteiger partial charge is 0.444 e. The minimum Gasteiger partial charge on any atom is -0.444 e. The zero-order chi connectivity index (χ0) is 22.0. The second-order valence-corrected chi connectivity index (χ2v) is 12.2. The van der Waals surface area contributed by atoms with Gasteiger partial charge in [-0.3, -0.25) is 4.98 Å². The maximum Gasteiger partial charge on any atom is 0.410 e. The van der Waals surface area contributed by atoms with Crippen molar-refractivity contribution in [3.05, 3.63) is 29.6 Å². The van der Waals surface area contributed by atoms with Crippen molar-refractivity contribution in [2.24, 2.45) is 0 Å². The monoisotopic (exact) mass is 425 g/mol. The van der Waals surface area contributed by atoms with E-state index in [0.29, 0.717) is 18.7 Å². The summed E-state index contributed by atoms with van der Waals surface area (Å²) in [4.78, 5) is 18.8. The molecule has 0 aliphatic carbocycles. The Balaban J connectivity index is 2.27. The molecule has 7 nitrogen and oxygen atoms in total. The van der Waals surface area contributed by atoms with Crippen LogP contribution < -0.4 is 4.72 Å². The van der Waals surface area contributed by atoms with Crippen molar-refractivity contribution in [3.63, 3.8) is 0 Å². The molecule has 164 valence electrons. The first kappa shape index (κ1) is 23.6. The number of aromatic nitrogens is 1. The normalized spacial score (nSPS) is 19.3. The predicted molar refractivity (Wildman–Crippen MR) is 114 cm³/mol. The van der Waals surface area contributed by atoms with E-state index in [9.17, 15) is 13.2 Å². The number of likely N-dealkylation sites (tertiary alicyclic amines) is 1. The van der Waals surface area contributed by atoms with Gasteiger partial charge in [0, 0.05) is 18.8 Å². The van der Waals surface area contributed by atoms with Crippen molar-refractivity contribution in [1.82, 2.24) is 14.6 Å². The Morgan fingerprint density at radius 2 is 1.93 bits per heavy atom. The topological polar surface area (TPSA) is 88.6 Å². The molecule has 2 rings (SSSR count). The third kappa shape index (κ3) is 6.40. The van der Waals surface area contributed by atoms with Crippen LogP contribution in [0.2, 0.25) is 0 Å². The Labute approximate surface area is 175 Å². The average molecular weight is 426 g/mol. The lowest BCUT2D eigenvalue weighted by molar-refractivity contribution is 0.0214. The van der Waals surface area contributed by atoms with Crippen LogP contribution in [0.4, 0.5) is 4.79 Å². The van der Waals surface area contributed by atoms with E-state index < -0.39 is 26.4 Å². The van der Waals surface area contributed by atoms with Gasteiger partial charge in [0.25, 0.3) is 0 Å². The van der Waals surface area contributed by atoms with Crippen molar-refractivity contribution in [3.8, 4) is 0 Å². The molecule has 0 spiro atoms. The molecule has 0 bridgehead atoms. The maximum atomic E-state index is 12.8. The highest BCUT2D eigenvalue weighted by molar-refractivity contribution is 7.90. The second-order valence-electron chi connectivity index (χ2n) is 9.75. The smallest absolute Gasteiger partial charge is 0.410 e. The van der Waals surface area contributed by atoms with Gasteiger partial charge in [0.2, 0.25) is 10.0 Å². The summed E-state index contributed by atoms with van der Waals surface area (Å²) >= 11 is 0. The third-order valence-corrected chi connectivity index (χ3v) is 7.11. The van der Waals surface area contributed by atoms with E-state index >= 15 is 0 Å². The van der Waals surface area contributed by atoms with Gasteiger partial charge >= 0.3 is 6.09 Å². The molecule has 1 N–H and O–H groups in total. The highest BCUT2D eigenvalue weighted by atomic mass is 32.2. The lowest BCUT2D eigenvalue weighted by atomic mass is 10.0. The highest BCUT2D eigenvalue weighted by Gasteiger charge is 2.37. The van der Waals surface area contributed by atoms with Gasteiger partial charge in [-0.15, -0.1) is 0 Å². The van der Waals surface area contributed by atoms with Crippen LogP contribution in [0.25, 0.3) is 0 Å². The number of hydrogen-bond acceptors (Lipinski definition) is 5. The van der Waals surface area contributed by atoms with Crippen molar-refractivity contribution >= 4 is 16.1 Å². The number of aryl methyl sites for hydroxylation is 1. The molecule has 1 aliphatic heterocycles. The second kappa shape index (κ2) is 8.60. The van der Waals surface area contributed by atoms with Crippen LogP contribution in [-0.4, -0.2) is 47.3 Å². The van der Waals surface area contributed by atoms with E-state index in [2.05, 4.69) is 9.71 Å². The van der Waals surface area contributed by atoms with Crippen molar-refractivity contribution in [2.45, 2.75) is 90.2 Å². The first-order valence-electron chi connectivity index (χ1n) is 10.1. The van der Waals surface area contributed by atoms with Gasteiger partial charge < -0.3 is 9.64 Å². The first-order chi connectivity index (χ1) is 13.2. The van der Waals surface area contributed by atoms with Gasteiger partial charge in [-0.05, 0) is 79.4 Å². The van der Waals surface area contributed by atoms with E-state index in [1.54, 1.807) is 31.9 Å². The summed E-state index contributed by atoms with van der Waals surface area (Å²) in [6.07, 6.45) is 3.50. The van der Waals surface area contributed by atoms with Crippen LogP contribution in [-0.2, 0) is 14.8 Å². The molecule has 2 atom stereocenters. The van der Waals surface area contributed by atoms with E-state index in [0.717, 1.165) is 18.4 Å². The zero-order valence-corrected chi connectivity index (χ0v) is 19.5. The van der Waals surface area contributed by atoms with Crippen LogP contribution in [0.3, 0.4) is 0 Å². The van der Waals surface area contributed by atoms with Crippen LogP contribution in [0, 0.1) is 6.92 Å². The number of carbonyl (C=O) groups excluding carboxylic acids is 1. The average Bonchev–Trinajstić information content (AvgIpc) is 3.00. The number of carbonyl (C=O) groups is 1. The molecule has 1 fully saturated rings. The van der Waals surface area contributed by atoms with Gasteiger partial charge in [0.15, 0.2) is 0 Å². The van der Waals surface area contributed by atoms with Gasteiger partial charge in [0.1, 0.15) is 5.60 Å². The fourth-order valence-corrected chi connectivity index (χ4v) is 4.14. The Bertz CT molecular complexity index is 808. The van der Waals surface area contributed by atoms with E-state index in [4.69, 9.17) is 4.74 Å². The number of hydrogen-bond donors (Lipinski definition) is 1. The minimum absolute atomic E-state index is 0.111. The van der Waals surface area contributed by atoms with Crippen LogP contribution in [0.5, 0.6) is 0 Å². The summed E-state index contributed by atoms with van der Waals surface area (Å²) in [5, 5.41) is 0. The SMILES string of the molecule is Cc1ccc([C@H](C[C@@H]2CCCN2C(=O)OC(C)(C)C)NS(=O)(=O)C(C)(C)C)nc1. The predicted octanol–water partition coefficient (Wildman–Crippen LogP) is 3.94. The Hall–Kier alpha value is -1.67. The summed E-state index contributed by atoms with van der Waals surface area (Å²) in [6, 6.07) is 3.13. The Morgan fingerprint density at radius 1 is 1.28 bits per heavy atom. The van der Waals surface area contributed by atoms with E-state index in [1.807, 2.05) is 39.8 Å². The number of nitrogens with one attached hydrogen (secondary N) is 1. The summed E-state index contributed by atoms with van der Waals surface area (Å²) < 4.78 is 33.1. The molecule has 0 radical (unpaired) electrons. The first-order valence-corrected chi connectivity index (χ1v) is 11.6. The lowest BCUT2D eigenvalue weighted by Crippen LogP contribution is -2.45. The van der Waals surface area contributed by atoms with Gasteiger partial charge in [-0.1, -0.05) is 6.07 Å². The summed E-state index contributed by atoms with van der Waals surface area (Å²) in [6.45, 7) is 13.1. The molecule has 1 saturated heterocycles. The molecule has 29 heavy (non-hydrogen) atoms. The Morgan fingerprint density at radius 3 is 2.45 bits per heavy atom. The highest BCUT2D eigenvalue weighted by Crippen LogP contribution is 2.30. The summed E-state index contributed by atoms with van der Waals surface area (Å²) in [7, 11) is -3.59. The van der Waals surface area contributed by atoms with E-state index in [1.165, 1.54) is 0 Å². The number of ether oxygens (including phenoxy) is 1. The zero-order valence-electron chi connectivity index (χ0n) is 18.7. The quantitative estimate of drug-likeness (QED) is 0.772. The van der Waals surface area contributed by atoms with Crippen molar-refractivity contribution in [2.75, 3.05) is 6.54 Å². The molecule has 0 unspecified atom stereocenters. The molecule has 0 saturated carbocycles. The number of nitrogens with zero attached hydrogens (tertiary/aromatic N) is 2. The van der Waals surface area contributed by atoms with Crippen LogP contribution in [0.15, 0.2) is 18.3 Å². The molecular formula is C21H35N3O4S. The fraction of sp³-hybridized carbons (Fsp3) is 0.714. The standard InChI is InChI=1S/C21H35N3O4S/c1-15-10-11-17(22-14-15)18(23-29(26,27)21(5,6)7)13-16-9-8-12-24(16)19(25)28-20(2,3)4/h10-11,14,16,18,23H,8-9,12-13H2,1-7H3/t16-,18-/m0/s1. The maximum absolute atomic E-state index is 12.8. The number of amides is 1. The minimum atomic E-state index is -3.59. The van der Waals surface area contributed by atoms with E-state index in [-0.39, 0.29) is 12.1 Å². The molecule has 1 aromatic heterocycles. The number of rotatable bonds is 5. The molecule has 0 aromatic carbocycles. The molecule has 2 heterocycles. The van der Waals surface area contributed by atoms with Gasteiger partial charge in [-0.2, -0.15) is 0 Å². The molecule has 1 aromatic rings. The molecule has 1 aliphatic rings. The Kier molecular flexibility index (Phi) is 7.00. The number of pyridine rings is 1. The molecular weight excluding hydrogens is 390 g/mol. The number of sulfonamides is 1. The van der Waals surface area contributed by atoms with Gasteiger partial charge in [0.05, 0.1) is 16.5 Å². The van der Waals surface area contributed by atoms with Crippen molar-refractivity contribution < 1.29 is 17.9 Å². The van der Waals surface area contributed by atoms with Crippen molar-refractivity contribution in [1.29, 1.82) is 0 Å². The fourth-order valence-electron chi connectivity index (χ4n) is 3.19. The summed E-state index contributed by atoms with van der Waals surface area (Å²) in [5.74, 6) is 0. The lowest BCUT2D eigenvalue weighted by Gasteiger charge is -2.31. The molecule has 1 amide bonds. The van der Waals surface area contributed by atoms with Gasteiger partial charge in [-0.25, -0.2) is 17.9 Å². The molecule has 8 heteroatoms.